The molecule has 124 valence electrons. The summed E-state index contributed by atoms with van der Waals surface area (Å²) in [5.74, 6) is 1.82. The zero-order valence-electron chi connectivity index (χ0n) is 14.2. The molecule has 1 fully saturated rings. The third-order valence-corrected chi connectivity index (χ3v) is 5.15. The Hall–Kier alpha value is -1.73. The molecule has 23 heavy (non-hydrogen) atoms. The number of hydrogen-bond donors (Lipinski definition) is 0. The Morgan fingerprint density at radius 2 is 1.91 bits per heavy atom. The van der Waals surface area contributed by atoms with Crippen LogP contribution in [0.3, 0.4) is 0 Å². The van der Waals surface area contributed by atoms with Crippen molar-refractivity contribution in [2.24, 2.45) is 0 Å². The minimum Gasteiger partial charge on any atom is -0.496 e. The normalized spacial score (nSPS) is 15.9. The number of piperazine rings is 1. The second-order valence-electron chi connectivity index (χ2n) is 5.93. The van der Waals surface area contributed by atoms with Gasteiger partial charge in [0.05, 0.1) is 12.8 Å². The van der Waals surface area contributed by atoms with Gasteiger partial charge in [0.25, 0.3) is 0 Å². The average Bonchev–Trinajstić information content (AvgIpc) is 2.98. The number of anilines is 1. The van der Waals surface area contributed by atoms with E-state index >= 15 is 0 Å². The van der Waals surface area contributed by atoms with E-state index in [1.807, 2.05) is 20.0 Å². The molecule has 0 N–H and O–H groups in total. The summed E-state index contributed by atoms with van der Waals surface area (Å²) in [6.07, 6.45) is 1.90. The van der Waals surface area contributed by atoms with Gasteiger partial charge in [-0.05, 0) is 20.8 Å². The quantitative estimate of drug-likeness (QED) is 0.855. The third kappa shape index (κ3) is 3.45. The van der Waals surface area contributed by atoms with Crippen molar-refractivity contribution in [2.45, 2.75) is 27.3 Å². The highest BCUT2D eigenvalue weighted by Gasteiger charge is 2.21. The molecule has 3 rings (SSSR count). The summed E-state index contributed by atoms with van der Waals surface area (Å²) in [5, 5.41) is 1.04. The first kappa shape index (κ1) is 16.1. The van der Waals surface area contributed by atoms with Crippen molar-refractivity contribution in [1.82, 2.24) is 19.2 Å². The monoisotopic (exact) mass is 333 g/mol. The zero-order valence-corrected chi connectivity index (χ0v) is 15.0. The van der Waals surface area contributed by atoms with E-state index in [2.05, 4.69) is 31.1 Å². The molecule has 0 atom stereocenters. The van der Waals surface area contributed by atoms with Crippen molar-refractivity contribution in [3.63, 3.8) is 0 Å². The Kier molecular flexibility index (Phi) is 4.77. The second kappa shape index (κ2) is 6.80. The summed E-state index contributed by atoms with van der Waals surface area (Å²) in [6.45, 7) is 10.9. The van der Waals surface area contributed by atoms with Gasteiger partial charge in [0, 0.05) is 61.6 Å². The van der Waals surface area contributed by atoms with Crippen molar-refractivity contribution in [1.29, 1.82) is 0 Å². The molecular weight excluding hydrogens is 310 g/mol. The Morgan fingerprint density at radius 3 is 2.52 bits per heavy atom. The predicted molar refractivity (Wildman–Crippen MR) is 92.4 cm³/mol. The number of aromatic nitrogens is 3. The van der Waals surface area contributed by atoms with Crippen molar-refractivity contribution in [3.8, 4) is 5.75 Å². The Morgan fingerprint density at radius 1 is 1.17 bits per heavy atom. The van der Waals surface area contributed by atoms with Gasteiger partial charge in [-0.15, -0.1) is 0 Å². The lowest BCUT2D eigenvalue weighted by Gasteiger charge is -2.34. The van der Waals surface area contributed by atoms with E-state index in [1.165, 1.54) is 11.5 Å². The summed E-state index contributed by atoms with van der Waals surface area (Å²) in [5.41, 5.74) is 3.34. The highest BCUT2D eigenvalue weighted by molar-refractivity contribution is 7.09. The van der Waals surface area contributed by atoms with Crippen LogP contribution in [0.2, 0.25) is 0 Å². The van der Waals surface area contributed by atoms with Gasteiger partial charge in [0.1, 0.15) is 11.6 Å². The molecule has 0 aromatic carbocycles. The van der Waals surface area contributed by atoms with E-state index < -0.39 is 0 Å². The fraction of sp³-hybridized carbons (Fsp3) is 0.562. The van der Waals surface area contributed by atoms with Gasteiger partial charge in [-0.1, -0.05) is 0 Å². The number of pyridine rings is 1. The van der Waals surface area contributed by atoms with Crippen molar-refractivity contribution in [2.75, 3.05) is 38.2 Å². The molecule has 0 unspecified atom stereocenters. The van der Waals surface area contributed by atoms with Gasteiger partial charge in [0.15, 0.2) is 0 Å². The van der Waals surface area contributed by atoms with Crippen LogP contribution in [0.25, 0.3) is 0 Å². The van der Waals surface area contributed by atoms with E-state index in [9.17, 15) is 0 Å². The number of aryl methyl sites for hydroxylation is 2. The first-order valence-electron chi connectivity index (χ1n) is 7.85. The smallest absolute Gasteiger partial charge is 0.205 e. The van der Waals surface area contributed by atoms with Crippen LogP contribution in [0.4, 0.5) is 5.13 Å². The maximum atomic E-state index is 5.50. The minimum absolute atomic E-state index is 0.860. The zero-order chi connectivity index (χ0) is 16.4. The molecule has 1 aliphatic heterocycles. The van der Waals surface area contributed by atoms with Crippen LogP contribution >= 0.6 is 11.5 Å². The molecule has 3 heterocycles. The number of nitrogens with zero attached hydrogens (tertiary/aromatic N) is 5. The molecule has 1 saturated heterocycles. The molecule has 2 aromatic heterocycles. The van der Waals surface area contributed by atoms with Crippen LogP contribution in [0, 0.1) is 20.8 Å². The van der Waals surface area contributed by atoms with Crippen LogP contribution in [-0.4, -0.2) is 52.5 Å². The summed E-state index contributed by atoms with van der Waals surface area (Å²) < 4.78 is 9.77. The van der Waals surface area contributed by atoms with Gasteiger partial charge in [-0.25, -0.2) is 4.98 Å². The fourth-order valence-corrected chi connectivity index (χ4v) is 3.68. The van der Waals surface area contributed by atoms with Gasteiger partial charge in [0.2, 0.25) is 5.13 Å². The van der Waals surface area contributed by atoms with Crippen LogP contribution in [0.15, 0.2) is 6.20 Å². The Balaban J connectivity index is 1.63. The van der Waals surface area contributed by atoms with E-state index in [-0.39, 0.29) is 0 Å². The summed E-state index contributed by atoms with van der Waals surface area (Å²) >= 11 is 1.49. The summed E-state index contributed by atoms with van der Waals surface area (Å²) in [7, 11) is 1.72. The topological polar surface area (TPSA) is 54.4 Å². The molecule has 0 spiro atoms. The number of rotatable bonds is 4. The van der Waals surface area contributed by atoms with Crippen LogP contribution in [-0.2, 0) is 6.54 Å². The maximum absolute atomic E-state index is 5.50. The molecule has 0 aliphatic carbocycles. The first-order chi connectivity index (χ1) is 11.1. The Bertz CT molecular complexity index is 679. The number of methoxy groups -OCH3 is 1. The van der Waals surface area contributed by atoms with Crippen LogP contribution in [0.5, 0.6) is 5.75 Å². The first-order valence-corrected chi connectivity index (χ1v) is 8.62. The minimum atomic E-state index is 0.860. The molecule has 2 aromatic rings. The largest absolute Gasteiger partial charge is 0.496 e. The lowest BCUT2D eigenvalue weighted by atomic mass is 10.1. The SMILES string of the molecule is COc1c(C)cnc(CN2CCN(c3nc(C)ns3)CC2)c1C. The van der Waals surface area contributed by atoms with Gasteiger partial charge < -0.3 is 9.64 Å². The lowest BCUT2D eigenvalue weighted by Crippen LogP contribution is -2.46. The Labute approximate surface area is 141 Å². The third-order valence-electron chi connectivity index (χ3n) is 4.28. The summed E-state index contributed by atoms with van der Waals surface area (Å²) in [4.78, 5) is 13.8. The molecule has 1 aliphatic rings. The highest BCUT2D eigenvalue weighted by atomic mass is 32.1. The van der Waals surface area contributed by atoms with Crippen molar-refractivity contribution >= 4 is 16.7 Å². The van der Waals surface area contributed by atoms with Crippen LogP contribution < -0.4 is 9.64 Å². The molecular formula is C16H23N5OS. The van der Waals surface area contributed by atoms with Gasteiger partial charge in [-0.2, -0.15) is 4.37 Å². The van der Waals surface area contributed by atoms with E-state index in [0.717, 1.165) is 66.3 Å². The molecule has 6 nitrogen and oxygen atoms in total. The molecule has 0 saturated carbocycles. The van der Waals surface area contributed by atoms with E-state index in [4.69, 9.17) is 4.74 Å². The van der Waals surface area contributed by atoms with Gasteiger partial charge in [-0.3, -0.25) is 9.88 Å². The molecule has 0 bridgehead atoms. The van der Waals surface area contributed by atoms with E-state index in [0.29, 0.717) is 0 Å². The molecule has 0 radical (unpaired) electrons. The highest BCUT2D eigenvalue weighted by Crippen LogP contribution is 2.25. The van der Waals surface area contributed by atoms with E-state index in [1.54, 1.807) is 7.11 Å². The molecule has 0 amide bonds. The fourth-order valence-electron chi connectivity index (χ4n) is 2.95. The average molecular weight is 333 g/mol. The van der Waals surface area contributed by atoms with Gasteiger partial charge >= 0.3 is 0 Å². The second-order valence-corrected chi connectivity index (χ2v) is 6.66. The standard InChI is InChI=1S/C16H23N5OS/c1-11-9-17-14(12(2)15(11)22-4)10-20-5-7-21(8-6-20)16-18-13(3)19-23-16/h9H,5-8,10H2,1-4H3. The number of hydrogen-bond acceptors (Lipinski definition) is 7. The lowest BCUT2D eigenvalue weighted by molar-refractivity contribution is 0.246. The molecule has 7 heteroatoms. The van der Waals surface area contributed by atoms with Crippen molar-refractivity contribution < 1.29 is 4.74 Å². The van der Waals surface area contributed by atoms with Crippen molar-refractivity contribution in [3.05, 3.63) is 28.8 Å². The number of ether oxygens (including phenoxy) is 1. The van der Waals surface area contributed by atoms with Crippen LogP contribution in [0.1, 0.15) is 22.6 Å². The summed E-state index contributed by atoms with van der Waals surface area (Å²) in [6, 6.07) is 0. The predicted octanol–water partition coefficient (Wildman–Crippen LogP) is 2.19. The maximum Gasteiger partial charge on any atom is 0.205 e.